The van der Waals surface area contributed by atoms with Crippen molar-refractivity contribution in [1.29, 1.82) is 0 Å². The Hall–Kier alpha value is -1.39. The van der Waals surface area contributed by atoms with E-state index in [0.29, 0.717) is 10.6 Å². The van der Waals surface area contributed by atoms with Crippen LogP contribution in [-0.2, 0) is 4.79 Å². The lowest BCUT2D eigenvalue weighted by molar-refractivity contribution is -0.121. The molecule has 0 saturated carbocycles. The van der Waals surface area contributed by atoms with E-state index in [9.17, 15) is 9.59 Å². The van der Waals surface area contributed by atoms with Crippen molar-refractivity contribution >= 4 is 23.3 Å². The Morgan fingerprint density at radius 3 is 2.67 bits per heavy atom. The van der Waals surface area contributed by atoms with E-state index in [4.69, 9.17) is 11.6 Å². The highest BCUT2D eigenvalue weighted by molar-refractivity contribution is 6.31. The summed E-state index contributed by atoms with van der Waals surface area (Å²) in [6.45, 7) is 1.95. The maximum atomic E-state index is 12.2. The highest BCUT2D eigenvalue weighted by Crippen LogP contribution is 2.14. The molecule has 1 aromatic carbocycles. The van der Waals surface area contributed by atoms with E-state index in [1.54, 1.807) is 50.2 Å². The summed E-state index contributed by atoms with van der Waals surface area (Å²) < 4.78 is 0. The molecule has 1 atom stereocenters. The Labute approximate surface area is 112 Å². The largest absolute Gasteiger partial charge is 0.358 e. The first-order valence-corrected chi connectivity index (χ1v) is 6.04. The number of likely N-dealkylation sites (N-methyl/N-ethyl adjacent to an activating group) is 2. The van der Waals surface area contributed by atoms with Crippen LogP contribution >= 0.6 is 11.6 Å². The summed E-state index contributed by atoms with van der Waals surface area (Å²) in [6.07, 6.45) is 0. The number of carbonyl (C=O) groups is 2. The number of hydrogen-bond acceptors (Lipinski definition) is 3. The highest BCUT2D eigenvalue weighted by Gasteiger charge is 2.21. The van der Waals surface area contributed by atoms with E-state index in [-0.39, 0.29) is 24.3 Å². The zero-order valence-corrected chi connectivity index (χ0v) is 11.5. The van der Waals surface area contributed by atoms with Crippen LogP contribution in [0.3, 0.4) is 0 Å². The summed E-state index contributed by atoms with van der Waals surface area (Å²) in [5, 5.41) is 3.06. The fraction of sp³-hybridized carbons (Fsp3) is 0.385. The van der Waals surface area contributed by atoms with Crippen molar-refractivity contribution in [2.24, 2.45) is 0 Å². The molecule has 18 heavy (non-hydrogen) atoms. The van der Waals surface area contributed by atoms with Crippen molar-refractivity contribution in [2.45, 2.75) is 13.0 Å². The van der Waals surface area contributed by atoms with Crippen molar-refractivity contribution in [3.8, 4) is 0 Å². The smallest absolute Gasteiger partial charge is 0.233 e. The minimum Gasteiger partial charge on any atom is -0.358 e. The summed E-state index contributed by atoms with van der Waals surface area (Å²) >= 11 is 5.85. The van der Waals surface area contributed by atoms with Gasteiger partial charge in [0.15, 0.2) is 5.78 Å². The molecule has 1 aromatic rings. The molecule has 1 N–H and O–H groups in total. The van der Waals surface area contributed by atoms with Gasteiger partial charge < -0.3 is 5.32 Å². The second-order valence-corrected chi connectivity index (χ2v) is 4.58. The Balaban J connectivity index is 2.74. The molecule has 0 aliphatic heterocycles. The van der Waals surface area contributed by atoms with Gasteiger partial charge in [0.1, 0.15) is 0 Å². The molecule has 1 amide bonds. The zero-order valence-electron chi connectivity index (χ0n) is 10.7. The molecule has 0 heterocycles. The minimum atomic E-state index is -0.374. The molecule has 4 nitrogen and oxygen atoms in total. The summed E-state index contributed by atoms with van der Waals surface area (Å²) in [4.78, 5) is 25.1. The number of rotatable bonds is 5. The third-order valence-corrected chi connectivity index (χ3v) is 3.06. The van der Waals surface area contributed by atoms with Crippen LogP contribution in [0.15, 0.2) is 24.3 Å². The van der Waals surface area contributed by atoms with Gasteiger partial charge >= 0.3 is 0 Å². The maximum Gasteiger partial charge on any atom is 0.233 e. The molecule has 0 radical (unpaired) electrons. The van der Waals surface area contributed by atoms with E-state index in [1.807, 2.05) is 0 Å². The maximum absolute atomic E-state index is 12.2. The van der Waals surface area contributed by atoms with E-state index in [2.05, 4.69) is 5.32 Å². The lowest BCUT2D eigenvalue weighted by atomic mass is 10.0. The first-order valence-electron chi connectivity index (χ1n) is 5.66. The lowest BCUT2D eigenvalue weighted by Crippen LogP contribution is -2.42. The topological polar surface area (TPSA) is 49.4 Å². The van der Waals surface area contributed by atoms with E-state index in [1.165, 1.54) is 0 Å². The van der Waals surface area contributed by atoms with Gasteiger partial charge in [0.25, 0.3) is 0 Å². The van der Waals surface area contributed by atoms with Crippen LogP contribution in [0, 0.1) is 0 Å². The van der Waals surface area contributed by atoms with Crippen LogP contribution in [0.2, 0.25) is 5.02 Å². The third-order valence-electron chi connectivity index (χ3n) is 2.82. The van der Waals surface area contributed by atoms with Crippen LogP contribution < -0.4 is 5.32 Å². The number of benzene rings is 1. The summed E-state index contributed by atoms with van der Waals surface area (Å²) in [5.74, 6) is -0.174. The molecule has 0 aliphatic rings. The van der Waals surface area contributed by atoms with Gasteiger partial charge in [-0.2, -0.15) is 0 Å². The second-order valence-electron chi connectivity index (χ2n) is 4.14. The fourth-order valence-electron chi connectivity index (χ4n) is 1.53. The fourth-order valence-corrected chi connectivity index (χ4v) is 1.72. The van der Waals surface area contributed by atoms with Gasteiger partial charge in [-0.1, -0.05) is 23.7 Å². The molecular formula is C13H17ClN2O2. The number of halogens is 1. The van der Waals surface area contributed by atoms with Crippen LogP contribution in [-0.4, -0.2) is 43.3 Å². The number of nitrogens with zero attached hydrogens (tertiary/aromatic N) is 1. The van der Waals surface area contributed by atoms with Gasteiger partial charge in [0.05, 0.1) is 12.6 Å². The van der Waals surface area contributed by atoms with Crippen LogP contribution in [0.4, 0.5) is 0 Å². The van der Waals surface area contributed by atoms with Gasteiger partial charge in [0.2, 0.25) is 5.91 Å². The molecular weight excluding hydrogens is 252 g/mol. The van der Waals surface area contributed by atoms with Crippen LogP contribution in [0.1, 0.15) is 17.3 Å². The van der Waals surface area contributed by atoms with Crippen LogP contribution in [0.25, 0.3) is 0 Å². The molecule has 0 aromatic heterocycles. The molecule has 1 rings (SSSR count). The Morgan fingerprint density at radius 2 is 2.11 bits per heavy atom. The lowest BCUT2D eigenvalue weighted by Gasteiger charge is -2.22. The summed E-state index contributed by atoms with van der Waals surface area (Å²) in [5.41, 5.74) is 0.554. The predicted octanol–water partition coefficient (Wildman–Crippen LogP) is 1.59. The number of Topliss-reactive ketones (excluding diaryl/α,β-unsaturated/α-hetero) is 1. The number of carbonyl (C=O) groups excluding carboxylic acids is 2. The predicted molar refractivity (Wildman–Crippen MR) is 71.9 cm³/mol. The Morgan fingerprint density at radius 1 is 1.44 bits per heavy atom. The molecule has 0 saturated heterocycles. The van der Waals surface area contributed by atoms with Crippen molar-refractivity contribution in [2.75, 3.05) is 20.6 Å². The summed E-state index contributed by atoms with van der Waals surface area (Å²) in [6, 6.07) is 6.44. The third kappa shape index (κ3) is 3.82. The molecule has 0 aliphatic carbocycles. The van der Waals surface area contributed by atoms with Crippen molar-refractivity contribution < 1.29 is 9.59 Å². The molecule has 0 spiro atoms. The van der Waals surface area contributed by atoms with E-state index < -0.39 is 0 Å². The van der Waals surface area contributed by atoms with Crippen molar-refractivity contribution in [1.82, 2.24) is 10.2 Å². The normalized spacial score (nSPS) is 12.3. The number of nitrogens with one attached hydrogen (secondary N) is 1. The Bertz CT molecular complexity index is 448. The highest BCUT2D eigenvalue weighted by atomic mass is 35.5. The number of amides is 1. The quantitative estimate of drug-likeness (QED) is 0.825. The van der Waals surface area contributed by atoms with Crippen molar-refractivity contribution in [3.05, 3.63) is 34.9 Å². The second kappa shape index (κ2) is 6.52. The molecule has 0 bridgehead atoms. The monoisotopic (exact) mass is 268 g/mol. The minimum absolute atomic E-state index is 0.0519. The molecule has 5 heteroatoms. The first-order chi connectivity index (χ1) is 8.45. The molecule has 0 fully saturated rings. The average molecular weight is 269 g/mol. The van der Waals surface area contributed by atoms with Crippen LogP contribution in [0.5, 0.6) is 0 Å². The SMILES string of the molecule is CNC(=O)CN(C)C(C)C(=O)c1cccc(Cl)c1. The Kier molecular flexibility index (Phi) is 5.31. The first kappa shape index (κ1) is 14.7. The number of hydrogen-bond donors (Lipinski definition) is 1. The average Bonchev–Trinajstić information content (AvgIpc) is 2.36. The van der Waals surface area contributed by atoms with Gasteiger partial charge in [-0.25, -0.2) is 0 Å². The molecule has 98 valence electrons. The van der Waals surface area contributed by atoms with Gasteiger partial charge in [-0.3, -0.25) is 14.5 Å². The number of ketones is 1. The van der Waals surface area contributed by atoms with Gasteiger partial charge in [-0.05, 0) is 26.1 Å². The zero-order chi connectivity index (χ0) is 13.7. The van der Waals surface area contributed by atoms with Gasteiger partial charge in [0, 0.05) is 17.6 Å². The van der Waals surface area contributed by atoms with Crippen molar-refractivity contribution in [3.63, 3.8) is 0 Å². The standard InChI is InChI=1S/C13H17ClN2O2/c1-9(16(3)8-12(17)15-2)13(18)10-5-4-6-11(14)7-10/h4-7,9H,8H2,1-3H3,(H,15,17). The van der Waals surface area contributed by atoms with E-state index >= 15 is 0 Å². The molecule has 1 unspecified atom stereocenters. The van der Waals surface area contributed by atoms with Gasteiger partial charge in [-0.15, -0.1) is 0 Å². The van der Waals surface area contributed by atoms with E-state index in [0.717, 1.165) is 0 Å². The summed E-state index contributed by atoms with van der Waals surface area (Å²) in [7, 11) is 3.31.